The van der Waals surface area contributed by atoms with Crippen LogP contribution in [0, 0.1) is 17.8 Å². The van der Waals surface area contributed by atoms with Crippen LogP contribution < -0.4 is 9.80 Å². The summed E-state index contributed by atoms with van der Waals surface area (Å²) in [6, 6.07) is 68.0. The van der Waals surface area contributed by atoms with Gasteiger partial charge in [-0.1, -0.05) is 202 Å². The van der Waals surface area contributed by atoms with Gasteiger partial charge >= 0.3 is 0 Å². The van der Waals surface area contributed by atoms with Gasteiger partial charge in [0.05, 0.1) is 0 Å². The maximum absolute atomic E-state index is 2.45. The molecule has 2 heteroatoms. The van der Waals surface area contributed by atoms with Crippen LogP contribution in [0.2, 0.25) is 0 Å². The van der Waals surface area contributed by atoms with Crippen LogP contribution in [-0.4, -0.2) is 0 Å². The SMILES string of the molecule is CC1C=CC=CC1C1C=CC(N(C2=CCC(C)(c3ccc(N(c4ccc(-c5ccccc5)cc4)c4ccc(-c5ccccc5)cc4)cc3)C=C2)c2ccc(-c3ccccc3)cc2)=CC1. The van der Waals surface area contributed by atoms with E-state index in [1.165, 1.54) is 56.0 Å². The molecule has 7 aromatic carbocycles. The zero-order valence-electron chi connectivity index (χ0n) is 36.7. The van der Waals surface area contributed by atoms with Crippen LogP contribution in [0.4, 0.5) is 22.7 Å². The molecule has 4 unspecified atom stereocenters. The number of benzene rings is 7. The van der Waals surface area contributed by atoms with Crippen molar-refractivity contribution in [1.82, 2.24) is 0 Å². The van der Waals surface area contributed by atoms with Gasteiger partial charge in [-0.2, -0.15) is 0 Å². The van der Waals surface area contributed by atoms with Gasteiger partial charge in [0, 0.05) is 39.6 Å². The first-order chi connectivity index (χ1) is 31.5. The summed E-state index contributed by atoms with van der Waals surface area (Å²) in [4.78, 5) is 4.81. The second-order valence-corrected chi connectivity index (χ2v) is 17.6. The molecule has 0 heterocycles. The number of hydrogen-bond acceptors (Lipinski definition) is 2. The second-order valence-electron chi connectivity index (χ2n) is 17.6. The molecule has 0 radical (unpaired) electrons. The third kappa shape index (κ3) is 8.52. The molecule has 0 saturated heterocycles. The molecule has 4 atom stereocenters. The van der Waals surface area contributed by atoms with E-state index in [2.05, 4.69) is 272 Å². The topological polar surface area (TPSA) is 6.48 Å². The normalized spacial score (nSPS) is 20.1. The Bertz CT molecular complexity index is 2780. The van der Waals surface area contributed by atoms with E-state index in [9.17, 15) is 0 Å². The van der Waals surface area contributed by atoms with Gasteiger partial charge in [0.25, 0.3) is 0 Å². The number of allylic oxidation sites excluding steroid dienone is 10. The molecule has 0 bridgehead atoms. The molecule has 64 heavy (non-hydrogen) atoms. The van der Waals surface area contributed by atoms with E-state index in [0.717, 1.165) is 29.9 Å². The van der Waals surface area contributed by atoms with Crippen molar-refractivity contribution in [2.75, 3.05) is 9.80 Å². The van der Waals surface area contributed by atoms with Crippen LogP contribution in [-0.2, 0) is 5.41 Å². The van der Waals surface area contributed by atoms with E-state index in [4.69, 9.17) is 0 Å². The highest BCUT2D eigenvalue weighted by Crippen LogP contribution is 2.42. The number of nitrogens with zero attached hydrogens (tertiary/aromatic N) is 2. The van der Waals surface area contributed by atoms with Crippen molar-refractivity contribution in [3.8, 4) is 33.4 Å². The predicted octanol–water partition coefficient (Wildman–Crippen LogP) is 16.6. The van der Waals surface area contributed by atoms with Gasteiger partial charge in [0.1, 0.15) is 0 Å². The molecule has 0 N–H and O–H groups in total. The quantitative estimate of drug-likeness (QED) is 0.128. The highest BCUT2D eigenvalue weighted by atomic mass is 15.2. The van der Waals surface area contributed by atoms with E-state index in [1.807, 2.05) is 0 Å². The van der Waals surface area contributed by atoms with Gasteiger partial charge in [0.2, 0.25) is 0 Å². The standard InChI is InChI=1S/C62H54N2/c1-46-14-12-13-21-61(46)53-28-38-58(39-29-53)64(57-36-26-52(27-37-57)49-19-10-5-11-20-49)60-42-44-62(2,45-43-60)54-30-40-59(41-31-54)63(55-32-22-50(23-33-55)47-15-6-3-7-16-47)56-34-24-51(25-35-56)48-17-8-4-9-18-48/h3-28,30-44,46,53,61H,29,45H2,1-2H3. The van der Waals surface area contributed by atoms with Crippen LogP contribution in [0.3, 0.4) is 0 Å². The molecule has 7 aromatic rings. The molecule has 0 aliphatic heterocycles. The Hall–Kier alpha value is -7.42. The molecule has 0 aromatic heterocycles. The van der Waals surface area contributed by atoms with E-state index >= 15 is 0 Å². The molecular formula is C62H54N2. The molecule has 312 valence electrons. The Morgan fingerprint density at radius 2 is 0.844 bits per heavy atom. The highest BCUT2D eigenvalue weighted by Gasteiger charge is 2.29. The molecular weight excluding hydrogens is 773 g/mol. The molecule has 0 amide bonds. The van der Waals surface area contributed by atoms with Gasteiger partial charge in [-0.05, 0) is 130 Å². The average molecular weight is 827 g/mol. The van der Waals surface area contributed by atoms with E-state index in [-0.39, 0.29) is 5.41 Å². The minimum Gasteiger partial charge on any atom is -0.311 e. The molecule has 0 fully saturated rings. The summed E-state index contributed by atoms with van der Waals surface area (Å²) in [7, 11) is 0. The summed E-state index contributed by atoms with van der Waals surface area (Å²) in [6.45, 7) is 4.71. The molecule has 3 aliphatic rings. The van der Waals surface area contributed by atoms with E-state index < -0.39 is 0 Å². The Labute approximate surface area is 379 Å². The first-order valence-electron chi connectivity index (χ1n) is 22.8. The van der Waals surface area contributed by atoms with Crippen molar-refractivity contribution in [3.63, 3.8) is 0 Å². The lowest BCUT2D eigenvalue weighted by Crippen LogP contribution is -2.27. The summed E-state index contributed by atoms with van der Waals surface area (Å²) >= 11 is 0. The predicted molar refractivity (Wildman–Crippen MR) is 272 cm³/mol. The highest BCUT2D eigenvalue weighted by molar-refractivity contribution is 5.80. The molecule has 0 saturated carbocycles. The van der Waals surface area contributed by atoms with Gasteiger partial charge < -0.3 is 9.80 Å². The smallest absolute Gasteiger partial charge is 0.0462 e. The summed E-state index contributed by atoms with van der Waals surface area (Å²) in [6.07, 6.45) is 25.5. The van der Waals surface area contributed by atoms with Crippen molar-refractivity contribution < 1.29 is 0 Å². The van der Waals surface area contributed by atoms with Gasteiger partial charge in [0.15, 0.2) is 0 Å². The minimum atomic E-state index is -0.163. The first kappa shape index (κ1) is 40.6. The lowest BCUT2D eigenvalue weighted by Gasteiger charge is -2.36. The lowest BCUT2D eigenvalue weighted by molar-refractivity contribution is 0.389. The second kappa shape index (κ2) is 18.1. The van der Waals surface area contributed by atoms with Crippen LogP contribution in [0.25, 0.3) is 33.4 Å². The summed E-state index contributed by atoms with van der Waals surface area (Å²) in [5.74, 6) is 1.54. The fourth-order valence-electron chi connectivity index (χ4n) is 9.63. The van der Waals surface area contributed by atoms with Crippen molar-refractivity contribution in [3.05, 3.63) is 266 Å². The maximum Gasteiger partial charge on any atom is 0.0462 e. The molecule has 10 rings (SSSR count). The lowest BCUT2D eigenvalue weighted by atomic mass is 9.76. The minimum absolute atomic E-state index is 0.163. The van der Waals surface area contributed by atoms with Gasteiger partial charge in [-0.25, -0.2) is 0 Å². The van der Waals surface area contributed by atoms with Crippen LogP contribution in [0.1, 0.15) is 32.3 Å². The van der Waals surface area contributed by atoms with Gasteiger partial charge in [-0.15, -0.1) is 0 Å². The molecule has 2 nitrogen and oxygen atoms in total. The summed E-state index contributed by atoms with van der Waals surface area (Å²) in [5, 5.41) is 0. The van der Waals surface area contributed by atoms with Crippen LogP contribution >= 0.6 is 0 Å². The average Bonchev–Trinajstić information content (AvgIpc) is 3.37. The van der Waals surface area contributed by atoms with E-state index in [0.29, 0.717) is 17.8 Å². The Kier molecular flexibility index (Phi) is 11.5. The zero-order valence-corrected chi connectivity index (χ0v) is 36.7. The fourth-order valence-corrected chi connectivity index (χ4v) is 9.63. The third-order valence-electron chi connectivity index (χ3n) is 13.4. The molecule has 3 aliphatic carbocycles. The largest absolute Gasteiger partial charge is 0.311 e. The summed E-state index contributed by atoms with van der Waals surface area (Å²) in [5.41, 5.74) is 15.4. The fraction of sp³-hybridized carbons (Fsp3) is 0.129. The third-order valence-corrected chi connectivity index (χ3v) is 13.4. The van der Waals surface area contributed by atoms with Crippen molar-refractivity contribution in [2.45, 2.75) is 32.1 Å². The Morgan fingerprint density at radius 1 is 0.422 bits per heavy atom. The van der Waals surface area contributed by atoms with E-state index in [1.54, 1.807) is 0 Å². The van der Waals surface area contributed by atoms with Crippen LogP contribution in [0.5, 0.6) is 0 Å². The molecule has 0 spiro atoms. The Morgan fingerprint density at radius 3 is 1.27 bits per heavy atom. The monoisotopic (exact) mass is 826 g/mol. The maximum atomic E-state index is 2.45. The van der Waals surface area contributed by atoms with Crippen molar-refractivity contribution >= 4 is 22.7 Å². The zero-order chi connectivity index (χ0) is 43.3. The van der Waals surface area contributed by atoms with Crippen molar-refractivity contribution in [1.29, 1.82) is 0 Å². The Balaban J connectivity index is 0.930. The summed E-state index contributed by atoms with van der Waals surface area (Å²) < 4.78 is 0. The van der Waals surface area contributed by atoms with Crippen LogP contribution in [0.15, 0.2) is 260 Å². The van der Waals surface area contributed by atoms with Gasteiger partial charge in [-0.3, -0.25) is 0 Å². The number of anilines is 4. The number of rotatable bonds is 11. The number of hydrogen-bond donors (Lipinski definition) is 0. The van der Waals surface area contributed by atoms with Crippen molar-refractivity contribution in [2.24, 2.45) is 17.8 Å². The first-order valence-corrected chi connectivity index (χ1v) is 22.8.